The van der Waals surface area contributed by atoms with Crippen molar-refractivity contribution in [3.05, 3.63) is 53.7 Å². The van der Waals surface area contributed by atoms with E-state index in [1.54, 1.807) is 43.9 Å². The van der Waals surface area contributed by atoms with Crippen molar-refractivity contribution in [2.45, 2.75) is 17.2 Å². The molecule has 0 amide bonds. The molecule has 4 heterocycles. The third-order valence-corrected chi connectivity index (χ3v) is 6.00. The topological polar surface area (TPSA) is 121 Å². The first-order valence-electron chi connectivity index (χ1n) is 10.3. The quantitative estimate of drug-likeness (QED) is 0.348. The van der Waals surface area contributed by atoms with Crippen LogP contribution < -0.4 is 9.64 Å². The number of anilines is 1. The summed E-state index contributed by atoms with van der Waals surface area (Å²) in [6, 6.07) is 9.80. The summed E-state index contributed by atoms with van der Waals surface area (Å²) in [5.74, 6) is 2.25. The van der Waals surface area contributed by atoms with Crippen LogP contribution in [-0.2, 0) is 10.5 Å². The number of hydrogen-bond donors (Lipinski definition) is 0. The Labute approximate surface area is 196 Å². The van der Waals surface area contributed by atoms with E-state index in [2.05, 4.69) is 32.0 Å². The largest absolute Gasteiger partial charge is 0.490 e. The Kier molecular flexibility index (Phi) is 7.30. The van der Waals surface area contributed by atoms with Crippen LogP contribution in [0.1, 0.15) is 23.4 Å². The molecule has 0 saturated carbocycles. The van der Waals surface area contributed by atoms with E-state index in [4.69, 9.17) is 14.5 Å². The summed E-state index contributed by atoms with van der Waals surface area (Å²) in [6.45, 7) is 2.51. The first-order valence-corrected chi connectivity index (χ1v) is 11.3. The van der Waals surface area contributed by atoms with Crippen LogP contribution in [0.3, 0.4) is 0 Å². The zero-order valence-corrected chi connectivity index (χ0v) is 18.9. The molecule has 9 nitrogen and oxygen atoms in total. The summed E-state index contributed by atoms with van der Waals surface area (Å²) in [5.41, 5.74) is 1.67. The maximum Gasteiger partial charge on any atom is 0.148 e. The second-order valence-corrected chi connectivity index (χ2v) is 8.07. The van der Waals surface area contributed by atoms with E-state index in [-0.39, 0.29) is 0 Å². The van der Waals surface area contributed by atoms with Crippen LogP contribution in [0.15, 0.2) is 41.8 Å². The average Bonchev–Trinajstić information content (AvgIpc) is 2.82. The molecular weight excluding hydrogens is 438 g/mol. The third-order valence-electron chi connectivity index (χ3n) is 5.03. The molecule has 166 valence electrons. The number of nitriles is 2. The van der Waals surface area contributed by atoms with Gasteiger partial charge in [-0.2, -0.15) is 10.5 Å². The van der Waals surface area contributed by atoms with Gasteiger partial charge < -0.3 is 14.4 Å². The first kappa shape index (κ1) is 22.5. The Bertz CT molecular complexity index is 1190. The van der Waals surface area contributed by atoms with Gasteiger partial charge in [0, 0.05) is 38.2 Å². The summed E-state index contributed by atoms with van der Waals surface area (Å²) < 4.78 is 10.6. The fraction of sp³-hybridized carbons (Fsp3) is 0.304. The lowest BCUT2D eigenvalue weighted by atomic mass is 9.99. The molecule has 33 heavy (non-hydrogen) atoms. The fourth-order valence-corrected chi connectivity index (χ4v) is 4.13. The maximum absolute atomic E-state index is 10.1. The second kappa shape index (κ2) is 10.7. The van der Waals surface area contributed by atoms with Crippen molar-refractivity contribution < 1.29 is 9.47 Å². The van der Waals surface area contributed by atoms with E-state index in [1.807, 2.05) is 0 Å². The molecule has 1 aliphatic heterocycles. The lowest BCUT2D eigenvalue weighted by Crippen LogP contribution is -2.38. The van der Waals surface area contributed by atoms with Gasteiger partial charge in [0.1, 0.15) is 46.7 Å². The molecule has 0 atom stereocenters. The van der Waals surface area contributed by atoms with E-state index in [0.717, 1.165) is 19.5 Å². The molecule has 0 unspecified atom stereocenters. The second-order valence-electron chi connectivity index (χ2n) is 7.10. The van der Waals surface area contributed by atoms with E-state index in [1.165, 1.54) is 11.8 Å². The van der Waals surface area contributed by atoms with E-state index in [9.17, 15) is 10.5 Å². The molecule has 1 aliphatic rings. The fourth-order valence-electron chi connectivity index (χ4n) is 3.27. The van der Waals surface area contributed by atoms with E-state index >= 15 is 0 Å². The zero-order valence-electron chi connectivity index (χ0n) is 18.1. The molecule has 10 heteroatoms. The molecule has 4 rings (SSSR count). The van der Waals surface area contributed by atoms with Crippen LogP contribution in [0.2, 0.25) is 0 Å². The Morgan fingerprint density at radius 3 is 2.45 bits per heavy atom. The maximum atomic E-state index is 10.1. The number of rotatable bonds is 9. The number of hydrogen-bond acceptors (Lipinski definition) is 10. The van der Waals surface area contributed by atoms with Crippen molar-refractivity contribution in [2.24, 2.45) is 0 Å². The lowest BCUT2D eigenvalue weighted by molar-refractivity contribution is 0.146. The molecular formula is C23H21N7O2S. The number of ether oxygens (including phenoxy) is 2. The minimum absolute atomic E-state index is 0.317. The van der Waals surface area contributed by atoms with Crippen LogP contribution in [0.4, 0.5) is 5.82 Å². The van der Waals surface area contributed by atoms with Crippen molar-refractivity contribution in [3.8, 4) is 29.1 Å². The first-order chi connectivity index (χ1) is 16.2. The zero-order chi connectivity index (χ0) is 23.0. The monoisotopic (exact) mass is 459 g/mol. The minimum Gasteiger partial charge on any atom is -0.490 e. The lowest BCUT2D eigenvalue weighted by Gasteiger charge is -2.33. The highest BCUT2D eigenvalue weighted by Crippen LogP contribution is 2.39. The molecule has 0 bridgehead atoms. The highest BCUT2D eigenvalue weighted by atomic mass is 32.2. The Morgan fingerprint density at radius 2 is 1.85 bits per heavy atom. The van der Waals surface area contributed by atoms with Gasteiger partial charge in [-0.15, -0.1) is 0 Å². The standard InChI is InChI=1S/C23H21N7O2S/c1-31-10-11-32-16-4-5-19(28-14-16)21-17(12-24)22(30-8-3-9-30)29-23(18(21)13-25)33-15-20-26-6-2-7-27-20/h2,4-7,14H,3,8-11,15H2,1H3. The Morgan fingerprint density at radius 1 is 1.06 bits per heavy atom. The molecule has 0 N–H and O–H groups in total. The predicted molar refractivity (Wildman–Crippen MR) is 123 cm³/mol. The van der Waals surface area contributed by atoms with Crippen molar-refractivity contribution in [1.82, 2.24) is 19.9 Å². The summed E-state index contributed by atoms with van der Waals surface area (Å²) in [7, 11) is 1.61. The molecule has 0 radical (unpaired) electrons. The highest BCUT2D eigenvalue weighted by molar-refractivity contribution is 7.98. The number of methoxy groups -OCH3 is 1. The molecule has 3 aromatic heterocycles. The van der Waals surface area contributed by atoms with E-state index in [0.29, 0.717) is 63.8 Å². The summed E-state index contributed by atoms with van der Waals surface area (Å²) in [4.78, 5) is 19.8. The van der Waals surface area contributed by atoms with Crippen molar-refractivity contribution in [2.75, 3.05) is 38.3 Å². The van der Waals surface area contributed by atoms with Crippen LogP contribution >= 0.6 is 11.8 Å². The Balaban J connectivity index is 1.75. The third kappa shape index (κ3) is 5.03. The van der Waals surface area contributed by atoms with Gasteiger partial charge in [-0.1, -0.05) is 11.8 Å². The predicted octanol–water partition coefficient (Wildman–Crippen LogP) is 3.20. The van der Waals surface area contributed by atoms with Gasteiger partial charge in [-0.05, 0) is 24.6 Å². The highest BCUT2D eigenvalue weighted by Gasteiger charge is 2.27. The van der Waals surface area contributed by atoms with Gasteiger partial charge in [-0.25, -0.2) is 15.0 Å². The molecule has 0 aliphatic carbocycles. The van der Waals surface area contributed by atoms with Gasteiger partial charge in [0.15, 0.2) is 0 Å². The van der Waals surface area contributed by atoms with Crippen molar-refractivity contribution in [1.29, 1.82) is 10.5 Å². The molecule has 0 aromatic carbocycles. The van der Waals surface area contributed by atoms with Crippen molar-refractivity contribution in [3.63, 3.8) is 0 Å². The van der Waals surface area contributed by atoms with Gasteiger partial charge in [0.2, 0.25) is 0 Å². The van der Waals surface area contributed by atoms with Gasteiger partial charge in [0.05, 0.1) is 29.8 Å². The van der Waals surface area contributed by atoms with Gasteiger partial charge in [0.25, 0.3) is 0 Å². The van der Waals surface area contributed by atoms with Gasteiger partial charge >= 0.3 is 0 Å². The van der Waals surface area contributed by atoms with Gasteiger partial charge in [-0.3, -0.25) is 4.98 Å². The summed E-state index contributed by atoms with van der Waals surface area (Å²) >= 11 is 1.37. The molecule has 3 aromatic rings. The molecule has 0 spiro atoms. The summed E-state index contributed by atoms with van der Waals surface area (Å²) in [6.07, 6.45) is 5.98. The number of pyridine rings is 2. The molecule has 1 saturated heterocycles. The number of thioether (sulfide) groups is 1. The minimum atomic E-state index is 0.317. The van der Waals surface area contributed by atoms with E-state index < -0.39 is 0 Å². The number of aromatic nitrogens is 4. The molecule has 1 fully saturated rings. The SMILES string of the molecule is COCCOc1ccc(-c2c(C#N)c(SCc3ncccn3)nc(N3CCC3)c2C#N)nc1. The van der Waals surface area contributed by atoms with Crippen LogP contribution in [0, 0.1) is 22.7 Å². The average molecular weight is 460 g/mol. The van der Waals surface area contributed by atoms with Crippen LogP contribution in [0.5, 0.6) is 5.75 Å². The van der Waals surface area contributed by atoms with Crippen LogP contribution in [-0.4, -0.2) is 53.3 Å². The van der Waals surface area contributed by atoms with Crippen molar-refractivity contribution >= 4 is 17.6 Å². The number of nitrogens with zero attached hydrogens (tertiary/aromatic N) is 7. The van der Waals surface area contributed by atoms with Crippen LogP contribution in [0.25, 0.3) is 11.3 Å². The summed E-state index contributed by atoms with van der Waals surface area (Å²) in [5, 5.41) is 20.6. The normalized spacial score (nSPS) is 12.5. The Hall–Kier alpha value is -3.73. The smallest absolute Gasteiger partial charge is 0.148 e.